The molecule has 0 aliphatic heterocycles. The van der Waals surface area contributed by atoms with E-state index < -0.39 is 5.82 Å². The number of ether oxygens (including phenoxy) is 2. The van der Waals surface area contributed by atoms with E-state index in [-0.39, 0.29) is 11.6 Å². The van der Waals surface area contributed by atoms with Gasteiger partial charge in [0.25, 0.3) is 0 Å². The van der Waals surface area contributed by atoms with Crippen LogP contribution in [0.1, 0.15) is 15.9 Å². The van der Waals surface area contributed by atoms with Crippen molar-refractivity contribution in [2.45, 2.75) is 6.61 Å². The summed E-state index contributed by atoms with van der Waals surface area (Å²) < 4.78 is 24.4. The second-order valence-corrected chi connectivity index (χ2v) is 4.44. The zero-order valence-electron chi connectivity index (χ0n) is 10.7. The molecule has 3 nitrogen and oxygen atoms in total. The molecule has 0 fully saturated rings. The number of carbonyl (C=O) groups excluding carboxylic acids is 1. The molecule has 104 valence electrons. The molecule has 0 atom stereocenters. The first-order valence-corrected chi connectivity index (χ1v) is 6.22. The highest BCUT2D eigenvalue weighted by molar-refractivity contribution is 6.30. The normalized spacial score (nSPS) is 10.2. The summed E-state index contributed by atoms with van der Waals surface area (Å²) in [6.45, 7) is -0.00887. The van der Waals surface area contributed by atoms with Crippen LogP contribution in [0.3, 0.4) is 0 Å². The van der Waals surface area contributed by atoms with Gasteiger partial charge in [0.1, 0.15) is 18.7 Å². The number of hydrogen-bond acceptors (Lipinski definition) is 3. The Labute approximate surface area is 120 Å². The third kappa shape index (κ3) is 3.08. The third-order valence-electron chi connectivity index (χ3n) is 2.74. The number of carbonyl (C=O) groups is 1. The van der Waals surface area contributed by atoms with Crippen LogP contribution in [0, 0.1) is 5.82 Å². The van der Waals surface area contributed by atoms with Crippen LogP contribution in [-0.2, 0) is 6.61 Å². The van der Waals surface area contributed by atoms with E-state index in [1.165, 1.54) is 19.2 Å². The molecule has 20 heavy (non-hydrogen) atoms. The second kappa shape index (κ2) is 6.39. The Morgan fingerprint density at radius 3 is 2.75 bits per heavy atom. The molecule has 0 unspecified atom stereocenters. The number of aldehydes is 1. The maximum atomic E-state index is 13.7. The van der Waals surface area contributed by atoms with Crippen molar-refractivity contribution in [1.82, 2.24) is 0 Å². The van der Waals surface area contributed by atoms with Crippen LogP contribution in [0.2, 0.25) is 5.02 Å². The van der Waals surface area contributed by atoms with Crippen molar-refractivity contribution in [2.24, 2.45) is 0 Å². The first kappa shape index (κ1) is 14.3. The molecule has 0 amide bonds. The molecule has 0 saturated heterocycles. The lowest BCUT2D eigenvalue weighted by Gasteiger charge is -2.11. The molecule has 0 radical (unpaired) electrons. The van der Waals surface area contributed by atoms with Gasteiger partial charge in [-0.2, -0.15) is 0 Å². The van der Waals surface area contributed by atoms with E-state index >= 15 is 0 Å². The fourth-order valence-corrected chi connectivity index (χ4v) is 1.89. The van der Waals surface area contributed by atoms with Gasteiger partial charge in [-0.15, -0.1) is 0 Å². The van der Waals surface area contributed by atoms with Crippen LogP contribution in [-0.4, -0.2) is 13.4 Å². The molecule has 0 aliphatic carbocycles. The fourth-order valence-electron chi connectivity index (χ4n) is 1.69. The SMILES string of the molecule is COc1ccc(C=O)cc1OCc1cccc(Cl)c1F. The lowest BCUT2D eigenvalue weighted by molar-refractivity contribution is 0.112. The summed E-state index contributed by atoms with van der Waals surface area (Å²) in [5.74, 6) is 0.328. The average molecular weight is 295 g/mol. The molecule has 0 aliphatic rings. The van der Waals surface area contributed by atoms with E-state index in [2.05, 4.69) is 0 Å². The molecular formula is C15H12ClFO3. The second-order valence-electron chi connectivity index (χ2n) is 4.03. The van der Waals surface area contributed by atoms with Crippen LogP contribution in [0.4, 0.5) is 4.39 Å². The minimum Gasteiger partial charge on any atom is -0.493 e. The number of benzene rings is 2. The van der Waals surface area contributed by atoms with Crippen molar-refractivity contribution >= 4 is 17.9 Å². The molecule has 0 aromatic heterocycles. The van der Waals surface area contributed by atoms with E-state index in [1.54, 1.807) is 24.3 Å². The van der Waals surface area contributed by atoms with Gasteiger partial charge in [-0.05, 0) is 24.3 Å². The molecule has 0 bridgehead atoms. The van der Waals surface area contributed by atoms with Crippen LogP contribution in [0.25, 0.3) is 0 Å². The Balaban J connectivity index is 2.21. The van der Waals surface area contributed by atoms with Gasteiger partial charge in [-0.25, -0.2) is 4.39 Å². The van der Waals surface area contributed by atoms with Gasteiger partial charge < -0.3 is 9.47 Å². The van der Waals surface area contributed by atoms with E-state index in [1.807, 2.05) is 0 Å². The molecule has 2 rings (SSSR count). The van der Waals surface area contributed by atoms with Crippen molar-refractivity contribution in [3.05, 3.63) is 58.4 Å². The lowest BCUT2D eigenvalue weighted by Crippen LogP contribution is -2.01. The molecule has 0 spiro atoms. The Bertz CT molecular complexity index is 629. The summed E-state index contributed by atoms with van der Waals surface area (Å²) >= 11 is 5.70. The third-order valence-corrected chi connectivity index (χ3v) is 3.03. The number of rotatable bonds is 5. The maximum Gasteiger partial charge on any atom is 0.162 e. The van der Waals surface area contributed by atoms with Gasteiger partial charge in [0.2, 0.25) is 0 Å². The van der Waals surface area contributed by atoms with Gasteiger partial charge in [0, 0.05) is 11.1 Å². The largest absolute Gasteiger partial charge is 0.493 e. The van der Waals surface area contributed by atoms with Crippen molar-refractivity contribution in [2.75, 3.05) is 7.11 Å². The van der Waals surface area contributed by atoms with E-state index in [0.29, 0.717) is 28.9 Å². The zero-order chi connectivity index (χ0) is 14.5. The number of halogens is 2. The first-order chi connectivity index (χ1) is 9.65. The Morgan fingerprint density at radius 1 is 1.25 bits per heavy atom. The van der Waals surface area contributed by atoms with Crippen LogP contribution < -0.4 is 9.47 Å². The summed E-state index contributed by atoms with van der Waals surface area (Å²) in [5, 5.41) is 0.0414. The minimum absolute atomic E-state index is 0.00887. The smallest absolute Gasteiger partial charge is 0.162 e. The van der Waals surface area contributed by atoms with Gasteiger partial charge >= 0.3 is 0 Å². The Morgan fingerprint density at radius 2 is 2.05 bits per heavy atom. The zero-order valence-corrected chi connectivity index (χ0v) is 11.5. The summed E-state index contributed by atoms with van der Waals surface area (Å²) in [6.07, 6.45) is 0.701. The molecular weight excluding hydrogens is 283 g/mol. The van der Waals surface area contributed by atoms with Crippen LogP contribution in [0.5, 0.6) is 11.5 Å². The van der Waals surface area contributed by atoms with E-state index in [4.69, 9.17) is 21.1 Å². The lowest BCUT2D eigenvalue weighted by atomic mass is 10.2. The van der Waals surface area contributed by atoms with Crippen molar-refractivity contribution in [1.29, 1.82) is 0 Å². The molecule has 0 heterocycles. The molecule has 2 aromatic carbocycles. The van der Waals surface area contributed by atoms with Gasteiger partial charge in [-0.3, -0.25) is 4.79 Å². The van der Waals surface area contributed by atoms with Gasteiger partial charge in [-0.1, -0.05) is 23.7 Å². The van der Waals surface area contributed by atoms with Crippen molar-refractivity contribution in [3.8, 4) is 11.5 Å². The number of hydrogen-bond donors (Lipinski definition) is 0. The predicted molar refractivity (Wildman–Crippen MR) is 74.1 cm³/mol. The molecule has 5 heteroatoms. The minimum atomic E-state index is -0.514. The van der Waals surface area contributed by atoms with Crippen molar-refractivity contribution in [3.63, 3.8) is 0 Å². The van der Waals surface area contributed by atoms with Gasteiger partial charge in [0.05, 0.1) is 12.1 Å². The monoisotopic (exact) mass is 294 g/mol. The summed E-state index contributed by atoms with van der Waals surface area (Å²) in [5.41, 5.74) is 0.781. The predicted octanol–water partition coefficient (Wildman–Crippen LogP) is 3.88. The Kier molecular flexibility index (Phi) is 4.58. The molecule has 0 N–H and O–H groups in total. The highest BCUT2D eigenvalue weighted by Gasteiger charge is 2.10. The van der Waals surface area contributed by atoms with Crippen LogP contribution >= 0.6 is 11.6 Å². The standard InChI is InChI=1S/C15H12ClFO3/c1-19-13-6-5-10(8-18)7-14(13)20-9-11-3-2-4-12(16)15(11)17/h2-8H,9H2,1H3. The highest BCUT2D eigenvalue weighted by atomic mass is 35.5. The Hall–Kier alpha value is -2.07. The van der Waals surface area contributed by atoms with Crippen LogP contribution in [0.15, 0.2) is 36.4 Å². The highest BCUT2D eigenvalue weighted by Crippen LogP contribution is 2.29. The molecule has 0 saturated carbocycles. The van der Waals surface area contributed by atoms with E-state index in [9.17, 15) is 9.18 Å². The average Bonchev–Trinajstić information content (AvgIpc) is 2.48. The quantitative estimate of drug-likeness (QED) is 0.785. The maximum absolute atomic E-state index is 13.7. The number of methoxy groups -OCH3 is 1. The summed E-state index contributed by atoms with van der Waals surface area (Å²) in [6, 6.07) is 9.45. The summed E-state index contributed by atoms with van der Waals surface area (Å²) in [4.78, 5) is 10.8. The first-order valence-electron chi connectivity index (χ1n) is 5.84. The summed E-state index contributed by atoms with van der Waals surface area (Å²) in [7, 11) is 1.49. The van der Waals surface area contributed by atoms with Gasteiger partial charge in [0.15, 0.2) is 11.5 Å². The van der Waals surface area contributed by atoms with Crippen molar-refractivity contribution < 1.29 is 18.7 Å². The topological polar surface area (TPSA) is 35.5 Å². The molecule has 2 aromatic rings. The fraction of sp³-hybridized carbons (Fsp3) is 0.133. The van der Waals surface area contributed by atoms with E-state index in [0.717, 1.165) is 0 Å².